The highest BCUT2D eigenvalue weighted by Gasteiger charge is 2.13. The van der Waals surface area contributed by atoms with Gasteiger partial charge < -0.3 is 10.5 Å². The van der Waals surface area contributed by atoms with Crippen LogP contribution in [0, 0.1) is 0 Å². The summed E-state index contributed by atoms with van der Waals surface area (Å²) in [5, 5.41) is 4.48. The number of rotatable bonds is 8. The highest BCUT2D eigenvalue weighted by Crippen LogP contribution is 2.18. The molecule has 1 atom stereocenters. The minimum atomic E-state index is 0.142. The van der Waals surface area contributed by atoms with Gasteiger partial charge in [0, 0.05) is 12.3 Å². The molecule has 0 bridgehead atoms. The first-order valence-electron chi connectivity index (χ1n) is 8.20. The standard InChI is InChI=1S/C19H23N3O/c20-13-6-10-18(12-11-16-7-2-1-3-8-16)23-19-15-17-9-4-5-14-22(17)21-19/h1-5,7-9,14-15,18H,6,10-13,20H2. The normalized spacial score (nSPS) is 12.4. The Bertz CT molecular complexity index is 691. The van der Waals surface area contributed by atoms with Crippen molar-refractivity contribution in [3.63, 3.8) is 0 Å². The molecular weight excluding hydrogens is 286 g/mol. The molecule has 120 valence electrons. The molecule has 3 rings (SSSR count). The van der Waals surface area contributed by atoms with Crippen molar-refractivity contribution in [2.24, 2.45) is 5.73 Å². The monoisotopic (exact) mass is 309 g/mol. The molecule has 0 aliphatic heterocycles. The van der Waals surface area contributed by atoms with Crippen LogP contribution in [-0.4, -0.2) is 22.3 Å². The molecular formula is C19H23N3O. The Balaban J connectivity index is 1.65. The van der Waals surface area contributed by atoms with Gasteiger partial charge in [-0.1, -0.05) is 36.4 Å². The van der Waals surface area contributed by atoms with Crippen LogP contribution in [0.4, 0.5) is 0 Å². The molecule has 3 aromatic rings. The zero-order chi connectivity index (χ0) is 15.9. The van der Waals surface area contributed by atoms with Crippen molar-refractivity contribution in [1.82, 2.24) is 9.61 Å². The lowest BCUT2D eigenvalue weighted by atomic mass is 10.0. The average Bonchev–Trinajstić information content (AvgIpc) is 3.00. The highest BCUT2D eigenvalue weighted by molar-refractivity contribution is 5.48. The van der Waals surface area contributed by atoms with Gasteiger partial charge in [-0.05, 0) is 49.9 Å². The fraction of sp³-hybridized carbons (Fsp3) is 0.316. The lowest BCUT2D eigenvalue weighted by Gasteiger charge is -2.17. The maximum absolute atomic E-state index is 6.14. The zero-order valence-electron chi connectivity index (χ0n) is 13.3. The third-order valence-electron chi connectivity index (χ3n) is 3.96. The van der Waals surface area contributed by atoms with E-state index in [1.807, 2.05) is 41.0 Å². The van der Waals surface area contributed by atoms with Crippen LogP contribution in [0.5, 0.6) is 5.88 Å². The third kappa shape index (κ3) is 4.33. The maximum Gasteiger partial charge on any atom is 0.234 e. The average molecular weight is 309 g/mol. The number of nitrogens with two attached hydrogens (primary N) is 1. The lowest BCUT2D eigenvalue weighted by Crippen LogP contribution is -2.19. The SMILES string of the molecule is NCCCC(CCc1ccccc1)Oc1cc2ccccn2n1. The van der Waals surface area contributed by atoms with E-state index in [0.717, 1.165) is 31.2 Å². The van der Waals surface area contributed by atoms with Crippen molar-refractivity contribution in [3.8, 4) is 5.88 Å². The van der Waals surface area contributed by atoms with E-state index in [1.165, 1.54) is 5.56 Å². The largest absolute Gasteiger partial charge is 0.473 e. The van der Waals surface area contributed by atoms with E-state index in [4.69, 9.17) is 10.5 Å². The van der Waals surface area contributed by atoms with Crippen molar-refractivity contribution in [3.05, 3.63) is 66.4 Å². The molecule has 0 spiro atoms. The number of aryl methyl sites for hydroxylation is 1. The molecule has 0 saturated carbocycles. The second kappa shape index (κ2) is 7.79. The van der Waals surface area contributed by atoms with Crippen molar-refractivity contribution in [2.45, 2.75) is 31.8 Å². The molecule has 0 aliphatic carbocycles. The van der Waals surface area contributed by atoms with Crippen molar-refractivity contribution >= 4 is 5.52 Å². The fourth-order valence-corrected chi connectivity index (χ4v) is 2.72. The minimum Gasteiger partial charge on any atom is -0.473 e. The van der Waals surface area contributed by atoms with Crippen LogP contribution < -0.4 is 10.5 Å². The van der Waals surface area contributed by atoms with Gasteiger partial charge in [-0.25, -0.2) is 4.52 Å². The molecule has 2 aromatic heterocycles. The Morgan fingerprint density at radius 1 is 1.04 bits per heavy atom. The summed E-state index contributed by atoms with van der Waals surface area (Å²) < 4.78 is 7.98. The lowest BCUT2D eigenvalue weighted by molar-refractivity contribution is 0.171. The van der Waals surface area contributed by atoms with Crippen LogP contribution in [-0.2, 0) is 6.42 Å². The van der Waals surface area contributed by atoms with Gasteiger partial charge in [0.05, 0.1) is 5.52 Å². The number of hydrogen-bond acceptors (Lipinski definition) is 3. The second-order valence-electron chi connectivity index (χ2n) is 5.75. The third-order valence-corrected chi connectivity index (χ3v) is 3.96. The van der Waals surface area contributed by atoms with Gasteiger partial charge in [0.25, 0.3) is 0 Å². The fourth-order valence-electron chi connectivity index (χ4n) is 2.72. The highest BCUT2D eigenvalue weighted by atomic mass is 16.5. The number of pyridine rings is 1. The number of benzene rings is 1. The number of nitrogens with zero attached hydrogens (tertiary/aromatic N) is 2. The zero-order valence-corrected chi connectivity index (χ0v) is 13.3. The number of aromatic nitrogens is 2. The molecule has 0 aliphatic rings. The Labute approximate surface area is 136 Å². The molecule has 0 radical (unpaired) electrons. The van der Waals surface area contributed by atoms with Crippen molar-refractivity contribution in [1.29, 1.82) is 0 Å². The number of hydrogen-bond donors (Lipinski definition) is 1. The van der Waals surface area contributed by atoms with Crippen LogP contribution in [0.15, 0.2) is 60.8 Å². The van der Waals surface area contributed by atoms with E-state index in [-0.39, 0.29) is 6.10 Å². The van der Waals surface area contributed by atoms with E-state index in [0.29, 0.717) is 12.4 Å². The first-order valence-corrected chi connectivity index (χ1v) is 8.20. The first kappa shape index (κ1) is 15.6. The van der Waals surface area contributed by atoms with Gasteiger partial charge in [-0.2, -0.15) is 0 Å². The summed E-state index contributed by atoms with van der Waals surface area (Å²) in [6, 6.07) is 18.5. The molecule has 0 amide bonds. The van der Waals surface area contributed by atoms with Gasteiger partial charge in [0.1, 0.15) is 6.10 Å². The predicted molar refractivity (Wildman–Crippen MR) is 92.7 cm³/mol. The summed E-state index contributed by atoms with van der Waals surface area (Å²) in [5.74, 6) is 0.686. The Morgan fingerprint density at radius 3 is 2.65 bits per heavy atom. The van der Waals surface area contributed by atoms with Crippen molar-refractivity contribution < 1.29 is 4.74 Å². The topological polar surface area (TPSA) is 52.5 Å². The Morgan fingerprint density at radius 2 is 1.87 bits per heavy atom. The van der Waals surface area contributed by atoms with E-state index in [1.54, 1.807) is 0 Å². The van der Waals surface area contributed by atoms with Gasteiger partial charge >= 0.3 is 0 Å². The first-order chi connectivity index (χ1) is 11.3. The summed E-state index contributed by atoms with van der Waals surface area (Å²) >= 11 is 0. The van der Waals surface area contributed by atoms with Crippen LogP contribution in [0.2, 0.25) is 0 Å². The van der Waals surface area contributed by atoms with Gasteiger partial charge in [-0.3, -0.25) is 0 Å². The van der Waals surface area contributed by atoms with Gasteiger partial charge in [-0.15, -0.1) is 5.10 Å². The minimum absolute atomic E-state index is 0.142. The van der Waals surface area contributed by atoms with Crippen LogP contribution in [0.25, 0.3) is 5.52 Å². The van der Waals surface area contributed by atoms with E-state index >= 15 is 0 Å². The number of ether oxygens (including phenoxy) is 1. The summed E-state index contributed by atoms with van der Waals surface area (Å²) in [6.45, 7) is 0.691. The molecule has 23 heavy (non-hydrogen) atoms. The molecule has 0 fully saturated rings. The summed E-state index contributed by atoms with van der Waals surface area (Å²) in [4.78, 5) is 0. The van der Waals surface area contributed by atoms with Crippen LogP contribution >= 0.6 is 0 Å². The smallest absolute Gasteiger partial charge is 0.234 e. The van der Waals surface area contributed by atoms with E-state index < -0.39 is 0 Å². The van der Waals surface area contributed by atoms with Crippen LogP contribution in [0.1, 0.15) is 24.8 Å². The Hall–Kier alpha value is -2.33. The quantitative estimate of drug-likeness (QED) is 0.693. The van der Waals surface area contributed by atoms with Crippen molar-refractivity contribution in [2.75, 3.05) is 6.54 Å². The molecule has 2 N–H and O–H groups in total. The molecule has 1 unspecified atom stereocenters. The molecule has 2 heterocycles. The van der Waals surface area contributed by atoms with E-state index in [2.05, 4.69) is 29.4 Å². The summed E-state index contributed by atoms with van der Waals surface area (Å²) in [6.07, 6.45) is 5.97. The maximum atomic E-state index is 6.14. The molecule has 4 nitrogen and oxygen atoms in total. The van der Waals surface area contributed by atoms with Crippen LogP contribution in [0.3, 0.4) is 0 Å². The second-order valence-corrected chi connectivity index (χ2v) is 5.75. The molecule has 0 saturated heterocycles. The summed E-state index contributed by atoms with van der Waals surface area (Å²) in [7, 11) is 0. The Kier molecular flexibility index (Phi) is 5.27. The van der Waals surface area contributed by atoms with Gasteiger partial charge in [0.2, 0.25) is 5.88 Å². The predicted octanol–water partition coefficient (Wildman–Crippen LogP) is 3.45. The number of fused-ring (bicyclic) bond motifs is 1. The van der Waals surface area contributed by atoms with Gasteiger partial charge in [0.15, 0.2) is 0 Å². The molecule has 1 aromatic carbocycles. The molecule has 4 heteroatoms. The van der Waals surface area contributed by atoms with E-state index in [9.17, 15) is 0 Å². The summed E-state index contributed by atoms with van der Waals surface area (Å²) in [5.41, 5.74) is 8.04.